The van der Waals surface area contributed by atoms with Crippen molar-refractivity contribution < 1.29 is 32.3 Å². The maximum atomic E-state index is 12.9. The third kappa shape index (κ3) is 2.36. The Bertz CT molecular complexity index is 820. The largest absolute Gasteiger partial charge is 0.464 e. The van der Waals surface area contributed by atoms with Gasteiger partial charge < -0.3 is 4.74 Å². The fourth-order valence-electron chi connectivity index (χ4n) is 2.91. The van der Waals surface area contributed by atoms with Crippen molar-refractivity contribution in [2.24, 2.45) is 11.0 Å². The lowest BCUT2D eigenvalue weighted by Gasteiger charge is -2.20. The zero-order valence-electron chi connectivity index (χ0n) is 13.0. The summed E-state index contributed by atoms with van der Waals surface area (Å²) in [7, 11) is 1.09. The maximum absolute atomic E-state index is 12.9. The second-order valence-corrected chi connectivity index (χ2v) is 5.76. The number of imide groups is 1. The highest BCUT2D eigenvalue weighted by molar-refractivity contribution is 6.47. The van der Waals surface area contributed by atoms with E-state index in [-0.39, 0.29) is 11.4 Å². The standard InChI is InChI=1S/C15H12F3N3O4/c1-14-9(10(19-20-14)12(23)25-2)11(22)21(13(14)24)8-5-3-4-7(6-8)15(16,17)18/h3-6,9,20H,1-2H3. The van der Waals surface area contributed by atoms with Crippen LogP contribution >= 0.6 is 0 Å². The number of halogens is 3. The predicted molar refractivity (Wildman–Crippen MR) is 78.4 cm³/mol. The summed E-state index contributed by atoms with van der Waals surface area (Å²) in [5.74, 6) is -3.82. The minimum atomic E-state index is -4.63. The number of fused-ring (bicyclic) bond motifs is 1. The normalized spacial score (nSPS) is 25.6. The molecule has 0 aliphatic carbocycles. The van der Waals surface area contributed by atoms with Crippen molar-refractivity contribution in [1.29, 1.82) is 0 Å². The Morgan fingerprint density at radius 2 is 2.04 bits per heavy atom. The Labute approximate surface area is 139 Å². The number of alkyl halides is 3. The lowest BCUT2D eigenvalue weighted by molar-refractivity contribution is -0.137. The highest BCUT2D eigenvalue weighted by atomic mass is 19.4. The molecule has 1 aromatic rings. The van der Waals surface area contributed by atoms with Crippen LogP contribution in [0, 0.1) is 5.92 Å². The summed E-state index contributed by atoms with van der Waals surface area (Å²) >= 11 is 0. The smallest absolute Gasteiger partial charge is 0.416 e. The van der Waals surface area contributed by atoms with E-state index in [2.05, 4.69) is 15.3 Å². The third-order valence-corrected chi connectivity index (χ3v) is 4.20. The summed E-state index contributed by atoms with van der Waals surface area (Å²) in [6.45, 7) is 1.35. The number of nitrogens with one attached hydrogen (secondary N) is 1. The maximum Gasteiger partial charge on any atom is 0.416 e. The number of methoxy groups -OCH3 is 1. The molecule has 2 amide bonds. The van der Waals surface area contributed by atoms with Gasteiger partial charge in [0.25, 0.3) is 5.91 Å². The number of anilines is 1. The molecule has 2 heterocycles. The number of hydrogen-bond donors (Lipinski definition) is 1. The van der Waals surface area contributed by atoms with Crippen LogP contribution in [0.4, 0.5) is 18.9 Å². The lowest BCUT2D eigenvalue weighted by Crippen LogP contribution is -2.48. The van der Waals surface area contributed by atoms with Crippen LogP contribution < -0.4 is 10.3 Å². The fraction of sp³-hybridized carbons (Fsp3) is 0.333. The van der Waals surface area contributed by atoms with Crippen molar-refractivity contribution >= 4 is 29.2 Å². The molecule has 2 unspecified atom stereocenters. The molecular formula is C15H12F3N3O4. The number of benzene rings is 1. The van der Waals surface area contributed by atoms with Gasteiger partial charge in [-0.2, -0.15) is 18.3 Å². The first-order valence-electron chi connectivity index (χ1n) is 7.10. The van der Waals surface area contributed by atoms with Gasteiger partial charge in [-0.3, -0.25) is 15.0 Å². The first kappa shape index (κ1) is 16.9. The van der Waals surface area contributed by atoms with Gasteiger partial charge in [-0.25, -0.2) is 9.69 Å². The average Bonchev–Trinajstić information content (AvgIpc) is 3.00. The topological polar surface area (TPSA) is 88.1 Å². The Balaban J connectivity index is 2.04. The summed E-state index contributed by atoms with van der Waals surface area (Å²) in [4.78, 5) is 37.7. The molecule has 7 nitrogen and oxygen atoms in total. The van der Waals surface area contributed by atoms with E-state index in [9.17, 15) is 27.6 Å². The summed E-state index contributed by atoms with van der Waals surface area (Å²) in [6, 6.07) is 3.84. The van der Waals surface area contributed by atoms with Crippen LogP contribution in [0.2, 0.25) is 0 Å². The quantitative estimate of drug-likeness (QED) is 0.634. The number of amides is 2. The molecule has 2 aliphatic rings. The van der Waals surface area contributed by atoms with Crippen LogP contribution in [0.25, 0.3) is 0 Å². The van der Waals surface area contributed by atoms with Gasteiger partial charge >= 0.3 is 12.1 Å². The van der Waals surface area contributed by atoms with Gasteiger partial charge in [-0.15, -0.1) is 0 Å². The van der Waals surface area contributed by atoms with Crippen molar-refractivity contribution in [3.05, 3.63) is 29.8 Å². The third-order valence-electron chi connectivity index (χ3n) is 4.20. The zero-order valence-corrected chi connectivity index (χ0v) is 13.0. The number of esters is 1. The monoisotopic (exact) mass is 355 g/mol. The highest BCUT2D eigenvalue weighted by Gasteiger charge is 2.63. The zero-order chi connectivity index (χ0) is 18.6. The minimum Gasteiger partial charge on any atom is -0.464 e. The van der Waals surface area contributed by atoms with E-state index in [0.717, 1.165) is 19.2 Å². The molecule has 2 aliphatic heterocycles. The molecule has 132 valence electrons. The van der Waals surface area contributed by atoms with Crippen molar-refractivity contribution in [3.63, 3.8) is 0 Å². The molecule has 0 saturated carbocycles. The number of hydrogen-bond acceptors (Lipinski definition) is 6. The van der Waals surface area contributed by atoms with Crippen LogP contribution in [0.3, 0.4) is 0 Å². The summed E-state index contributed by atoms with van der Waals surface area (Å²) in [5, 5.41) is 3.69. The van der Waals surface area contributed by atoms with Gasteiger partial charge in [0, 0.05) is 0 Å². The molecule has 3 rings (SSSR count). The summed E-state index contributed by atoms with van der Waals surface area (Å²) in [5.41, 5.74) is -0.644. The van der Waals surface area contributed by atoms with E-state index < -0.39 is 41.0 Å². The number of rotatable bonds is 2. The van der Waals surface area contributed by atoms with E-state index in [0.29, 0.717) is 11.0 Å². The Kier molecular flexibility index (Phi) is 3.59. The minimum absolute atomic E-state index is 0.230. The van der Waals surface area contributed by atoms with E-state index in [4.69, 9.17) is 0 Å². The highest BCUT2D eigenvalue weighted by Crippen LogP contribution is 2.39. The van der Waals surface area contributed by atoms with Crippen molar-refractivity contribution in [3.8, 4) is 0 Å². The predicted octanol–water partition coefficient (Wildman–Crippen LogP) is 1.09. The average molecular weight is 355 g/mol. The van der Waals surface area contributed by atoms with Gasteiger partial charge in [0.05, 0.1) is 18.4 Å². The van der Waals surface area contributed by atoms with Crippen LogP contribution in [-0.4, -0.2) is 36.1 Å². The molecule has 2 atom stereocenters. The van der Waals surface area contributed by atoms with Gasteiger partial charge in [0.2, 0.25) is 5.91 Å². The number of nitrogens with zero attached hydrogens (tertiary/aromatic N) is 2. The first-order chi connectivity index (χ1) is 11.6. The van der Waals surface area contributed by atoms with Gasteiger partial charge in [-0.05, 0) is 25.1 Å². The molecule has 1 fully saturated rings. The lowest BCUT2D eigenvalue weighted by atomic mass is 9.86. The Hall–Kier alpha value is -2.91. The van der Waals surface area contributed by atoms with Crippen molar-refractivity contribution in [2.45, 2.75) is 18.6 Å². The molecule has 25 heavy (non-hydrogen) atoms. The summed E-state index contributed by atoms with van der Waals surface area (Å²) < 4.78 is 43.2. The number of carbonyl (C=O) groups excluding carboxylic acids is 3. The molecule has 1 N–H and O–H groups in total. The molecule has 1 saturated heterocycles. The molecule has 0 radical (unpaired) electrons. The van der Waals surface area contributed by atoms with E-state index in [1.165, 1.54) is 13.0 Å². The number of carbonyl (C=O) groups is 3. The van der Waals surface area contributed by atoms with Crippen LogP contribution in [0.15, 0.2) is 29.4 Å². The first-order valence-corrected chi connectivity index (χ1v) is 7.10. The Morgan fingerprint density at radius 1 is 1.36 bits per heavy atom. The van der Waals surface area contributed by atoms with Crippen LogP contribution in [-0.2, 0) is 25.3 Å². The number of ether oxygens (including phenoxy) is 1. The molecule has 0 bridgehead atoms. The summed E-state index contributed by atoms with van der Waals surface area (Å²) in [6.07, 6.45) is -4.63. The Morgan fingerprint density at radius 3 is 2.64 bits per heavy atom. The number of hydrazone groups is 1. The molecular weight excluding hydrogens is 343 g/mol. The van der Waals surface area contributed by atoms with Crippen LogP contribution in [0.1, 0.15) is 12.5 Å². The molecule has 0 spiro atoms. The van der Waals surface area contributed by atoms with E-state index in [1.54, 1.807) is 0 Å². The van der Waals surface area contributed by atoms with Gasteiger partial charge in [0.1, 0.15) is 11.5 Å². The molecule has 0 aromatic heterocycles. The van der Waals surface area contributed by atoms with Gasteiger partial charge in [0.15, 0.2) is 5.71 Å². The fourth-order valence-corrected chi connectivity index (χ4v) is 2.91. The van der Waals surface area contributed by atoms with Crippen LogP contribution in [0.5, 0.6) is 0 Å². The van der Waals surface area contributed by atoms with E-state index >= 15 is 0 Å². The SMILES string of the molecule is COC(=O)C1=NNC2(C)C(=O)N(c3cccc(C(F)(F)F)c3)C(=O)C12. The van der Waals surface area contributed by atoms with Gasteiger partial charge in [-0.1, -0.05) is 6.07 Å². The molecule has 10 heteroatoms. The second-order valence-electron chi connectivity index (χ2n) is 5.76. The van der Waals surface area contributed by atoms with Crippen molar-refractivity contribution in [2.75, 3.05) is 12.0 Å². The second kappa shape index (κ2) is 5.30. The van der Waals surface area contributed by atoms with E-state index in [1.807, 2.05) is 0 Å². The molecule has 1 aromatic carbocycles. The van der Waals surface area contributed by atoms with Crippen molar-refractivity contribution in [1.82, 2.24) is 5.43 Å².